The number of ether oxygens (including phenoxy) is 1. The van der Waals surface area contributed by atoms with Crippen molar-refractivity contribution >= 4 is 5.97 Å². The minimum Gasteiger partial charge on any atom is -0.492 e. The van der Waals surface area contributed by atoms with Crippen molar-refractivity contribution in [2.75, 3.05) is 6.61 Å². The molecule has 0 aliphatic rings. The molecule has 0 aliphatic carbocycles. The van der Waals surface area contributed by atoms with Gasteiger partial charge in [-0.05, 0) is 30.2 Å². The second-order valence-electron chi connectivity index (χ2n) is 5.37. The minimum atomic E-state index is -1.04. The fourth-order valence-corrected chi connectivity index (χ4v) is 1.97. The molecule has 0 bridgehead atoms. The zero-order valence-electron chi connectivity index (χ0n) is 12.7. The highest BCUT2D eigenvalue weighted by Crippen LogP contribution is 2.26. The van der Waals surface area contributed by atoms with Crippen molar-refractivity contribution in [1.82, 2.24) is 9.78 Å². The molecule has 1 N–H and O–H groups in total. The Morgan fingerprint density at radius 2 is 2.18 bits per heavy atom. The molecule has 0 fully saturated rings. The maximum atomic E-state index is 11.1. The lowest BCUT2D eigenvalue weighted by molar-refractivity contribution is 0.0685. The second kappa shape index (κ2) is 6.31. The maximum Gasteiger partial charge on any atom is 0.354 e. The van der Waals surface area contributed by atoms with E-state index in [0.29, 0.717) is 35.1 Å². The summed E-state index contributed by atoms with van der Waals surface area (Å²) in [4.78, 5) is 11.1. The smallest absolute Gasteiger partial charge is 0.354 e. The minimum absolute atomic E-state index is 0.0913. The summed E-state index contributed by atoms with van der Waals surface area (Å²) in [6.07, 6.45) is 0. The second-order valence-corrected chi connectivity index (χ2v) is 5.37. The molecule has 0 amide bonds. The van der Waals surface area contributed by atoms with Crippen LogP contribution in [0.4, 0.5) is 0 Å². The summed E-state index contributed by atoms with van der Waals surface area (Å²) in [6, 6.07) is 8.72. The van der Waals surface area contributed by atoms with Crippen LogP contribution in [0.5, 0.6) is 5.75 Å². The lowest BCUT2D eigenvalue weighted by atomic mass is 10.1. The molecule has 6 nitrogen and oxygen atoms in total. The van der Waals surface area contributed by atoms with E-state index in [2.05, 4.69) is 11.2 Å². The normalized spacial score (nSPS) is 10.5. The Kier molecular flexibility index (Phi) is 4.47. The summed E-state index contributed by atoms with van der Waals surface area (Å²) in [5, 5.41) is 22.5. The third-order valence-corrected chi connectivity index (χ3v) is 3.07. The molecule has 0 spiro atoms. The van der Waals surface area contributed by atoms with Gasteiger partial charge in [0.2, 0.25) is 0 Å². The highest BCUT2D eigenvalue weighted by atomic mass is 16.5. The van der Waals surface area contributed by atoms with Crippen LogP contribution in [0.15, 0.2) is 24.3 Å². The lowest BCUT2D eigenvalue weighted by Gasteiger charge is -2.10. The highest BCUT2D eigenvalue weighted by Gasteiger charge is 2.14. The summed E-state index contributed by atoms with van der Waals surface area (Å²) >= 11 is 0. The summed E-state index contributed by atoms with van der Waals surface area (Å²) in [6.45, 7) is 4.59. The van der Waals surface area contributed by atoms with Crippen molar-refractivity contribution in [2.45, 2.75) is 13.8 Å². The number of nitriles is 1. The van der Waals surface area contributed by atoms with Gasteiger partial charge in [0.25, 0.3) is 0 Å². The van der Waals surface area contributed by atoms with Crippen LogP contribution < -0.4 is 4.74 Å². The van der Waals surface area contributed by atoms with Crippen molar-refractivity contribution < 1.29 is 14.6 Å². The van der Waals surface area contributed by atoms with Gasteiger partial charge in [-0.15, -0.1) is 0 Å². The Bertz CT molecular complexity index is 742. The van der Waals surface area contributed by atoms with Crippen molar-refractivity contribution in [3.63, 3.8) is 0 Å². The van der Waals surface area contributed by atoms with Crippen molar-refractivity contribution in [2.24, 2.45) is 13.0 Å². The Morgan fingerprint density at radius 3 is 2.73 bits per heavy atom. The van der Waals surface area contributed by atoms with Crippen LogP contribution in [0, 0.1) is 17.2 Å². The van der Waals surface area contributed by atoms with Crippen molar-refractivity contribution in [3.05, 3.63) is 35.5 Å². The number of aryl methyl sites for hydroxylation is 1. The molecule has 2 aromatic rings. The molecule has 0 radical (unpaired) electrons. The monoisotopic (exact) mass is 299 g/mol. The molecule has 0 unspecified atom stereocenters. The van der Waals surface area contributed by atoms with Crippen LogP contribution >= 0.6 is 0 Å². The van der Waals surface area contributed by atoms with Gasteiger partial charge in [0.05, 0.1) is 17.9 Å². The van der Waals surface area contributed by atoms with Gasteiger partial charge in [-0.3, -0.25) is 4.68 Å². The summed E-state index contributed by atoms with van der Waals surface area (Å²) in [5.74, 6) is -0.159. The molecule has 0 aliphatic heterocycles. The molecular formula is C16H17N3O3. The quantitative estimate of drug-likeness (QED) is 0.917. The number of nitrogens with zero attached hydrogens (tertiary/aromatic N) is 3. The zero-order valence-corrected chi connectivity index (χ0v) is 12.7. The van der Waals surface area contributed by atoms with Crippen LogP contribution in [-0.4, -0.2) is 27.5 Å². The number of benzene rings is 1. The van der Waals surface area contributed by atoms with E-state index in [1.165, 1.54) is 10.7 Å². The fourth-order valence-electron chi connectivity index (χ4n) is 1.97. The van der Waals surface area contributed by atoms with Crippen molar-refractivity contribution in [1.29, 1.82) is 5.26 Å². The molecule has 22 heavy (non-hydrogen) atoms. The maximum absolute atomic E-state index is 11.1. The molecular weight excluding hydrogens is 282 g/mol. The summed E-state index contributed by atoms with van der Waals surface area (Å²) < 4.78 is 6.90. The van der Waals surface area contributed by atoms with E-state index in [1.807, 2.05) is 13.8 Å². The largest absolute Gasteiger partial charge is 0.492 e. The van der Waals surface area contributed by atoms with Gasteiger partial charge < -0.3 is 9.84 Å². The van der Waals surface area contributed by atoms with Crippen LogP contribution in [-0.2, 0) is 7.05 Å². The molecule has 1 aromatic carbocycles. The Morgan fingerprint density at radius 1 is 1.45 bits per heavy atom. The van der Waals surface area contributed by atoms with E-state index in [9.17, 15) is 10.1 Å². The number of carboxylic acids is 1. The van der Waals surface area contributed by atoms with Gasteiger partial charge in [0.1, 0.15) is 17.5 Å². The number of hydrogen-bond acceptors (Lipinski definition) is 4. The Labute approximate surface area is 128 Å². The molecule has 0 saturated carbocycles. The highest BCUT2D eigenvalue weighted by molar-refractivity contribution is 5.87. The van der Waals surface area contributed by atoms with Crippen LogP contribution in [0.3, 0.4) is 0 Å². The zero-order chi connectivity index (χ0) is 16.3. The third kappa shape index (κ3) is 3.26. The first kappa shape index (κ1) is 15.6. The average molecular weight is 299 g/mol. The van der Waals surface area contributed by atoms with E-state index in [1.54, 1.807) is 25.2 Å². The number of rotatable bonds is 5. The number of aromatic carboxylic acids is 1. The molecule has 6 heteroatoms. The number of aromatic nitrogens is 2. The van der Waals surface area contributed by atoms with E-state index >= 15 is 0 Å². The molecule has 114 valence electrons. The van der Waals surface area contributed by atoms with Gasteiger partial charge in [0.15, 0.2) is 0 Å². The SMILES string of the molecule is CC(C)COc1ccc(-c2cc(C(=O)O)n(C)n2)cc1C#N. The molecule has 0 saturated heterocycles. The predicted octanol–water partition coefficient (Wildman–Crippen LogP) is 2.69. The topological polar surface area (TPSA) is 88.1 Å². The molecule has 1 aromatic heterocycles. The van der Waals surface area contributed by atoms with Gasteiger partial charge in [-0.2, -0.15) is 10.4 Å². The van der Waals surface area contributed by atoms with E-state index < -0.39 is 5.97 Å². The standard InChI is InChI=1S/C16H17N3O3/c1-10(2)9-22-15-5-4-11(6-12(15)8-17)13-7-14(16(20)21)19(3)18-13/h4-7,10H,9H2,1-3H3,(H,20,21). The Balaban J connectivity index is 2.35. The number of carbonyl (C=O) groups is 1. The van der Waals surface area contributed by atoms with Gasteiger partial charge in [-0.25, -0.2) is 4.79 Å². The number of hydrogen-bond donors (Lipinski definition) is 1. The first-order valence-corrected chi connectivity index (χ1v) is 6.87. The van der Waals surface area contributed by atoms with E-state index in [0.717, 1.165) is 0 Å². The van der Waals surface area contributed by atoms with Crippen LogP contribution in [0.1, 0.15) is 29.9 Å². The van der Waals surface area contributed by atoms with E-state index in [4.69, 9.17) is 9.84 Å². The molecule has 1 heterocycles. The summed E-state index contributed by atoms with van der Waals surface area (Å²) in [5.41, 5.74) is 1.68. The average Bonchev–Trinajstić information content (AvgIpc) is 2.87. The fraction of sp³-hybridized carbons (Fsp3) is 0.312. The number of carboxylic acid groups (broad SMARTS) is 1. The lowest BCUT2D eigenvalue weighted by Crippen LogP contribution is -2.05. The van der Waals surface area contributed by atoms with Crippen molar-refractivity contribution in [3.8, 4) is 23.1 Å². The first-order valence-electron chi connectivity index (χ1n) is 6.87. The van der Waals surface area contributed by atoms with Crippen LogP contribution in [0.25, 0.3) is 11.3 Å². The third-order valence-electron chi connectivity index (χ3n) is 3.07. The van der Waals surface area contributed by atoms with Crippen LogP contribution in [0.2, 0.25) is 0 Å². The predicted molar refractivity (Wildman–Crippen MR) is 80.7 cm³/mol. The van der Waals surface area contributed by atoms with Gasteiger partial charge in [0, 0.05) is 12.6 Å². The summed E-state index contributed by atoms with van der Waals surface area (Å²) in [7, 11) is 1.57. The molecule has 0 atom stereocenters. The first-order chi connectivity index (χ1) is 10.4. The Hall–Kier alpha value is -2.81. The van der Waals surface area contributed by atoms with Gasteiger partial charge in [-0.1, -0.05) is 13.8 Å². The molecule has 2 rings (SSSR count). The van der Waals surface area contributed by atoms with Gasteiger partial charge >= 0.3 is 5.97 Å². The van der Waals surface area contributed by atoms with E-state index in [-0.39, 0.29) is 5.69 Å².